The lowest BCUT2D eigenvalue weighted by molar-refractivity contribution is 0.122. The topological polar surface area (TPSA) is 113 Å². The molecular formula is C23H31N7O3S2. The van der Waals surface area contributed by atoms with Gasteiger partial charge in [0, 0.05) is 45.1 Å². The molecule has 3 aromatic rings. The molecule has 188 valence electrons. The summed E-state index contributed by atoms with van der Waals surface area (Å²) in [5.74, 6) is 2.45. The van der Waals surface area contributed by atoms with Gasteiger partial charge in [-0.25, -0.2) is 33.1 Å². The van der Waals surface area contributed by atoms with Gasteiger partial charge in [-0.3, -0.25) is 0 Å². The number of nitrogens with zero attached hydrogens (tertiary/aromatic N) is 6. The molecule has 0 unspecified atom stereocenters. The molecule has 0 atom stereocenters. The summed E-state index contributed by atoms with van der Waals surface area (Å²) in [4.78, 5) is 22.4. The van der Waals surface area contributed by atoms with Crippen LogP contribution < -0.4 is 14.5 Å². The van der Waals surface area contributed by atoms with Crippen LogP contribution in [0.3, 0.4) is 0 Å². The highest BCUT2D eigenvalue weighted by Crippen LogP contribution is 2.34. The predicted octanol–water partition coefficient (Wildman–Crippen LogP) is 2.38. The number of ether oxygens (including phenoxy) is 1. The highest BCUT2D eigenvalue weighted by molar-refractivity contribution is 7.91. The van der Waals surface area contributed by atoms with Gasteiger partial charge in [0.25, 0.3) is 0 Å². The summed E-state index contributed by atoms with van der Waals surface area (Å²) in [5.41, 5.74) is 1.80. The molecule has 2 aliphatic rings. The number of thiophene rings is 1. The summed E-state index contributed by atoms with van der Waals surface area (Å²) in [5, 5.41) is 0. The van der Waals surface area contributed by atoms with Crippen molar-refractivity contribution in [3.63, 3.8) is 0 Å². The van der Waals surface area contributed by atoms with Gasteiger partial charge in [-0.1, -0.05) is 6.92 Å². The zero-order valence-corrected chi connectivity index (χ0v) is 21.7. The third-order valence-corrected chi connectivity index (χ3v) is 9.60. The van der Waals surface area contributed by atoms with Crippen LogP contribution in [-0.2, 0) is 21.2 Å². The fourth-order valence-corrected chi connectivity index (χ4v) is 7.03. The molecule has 0 aliphatic carbocycles. The molecule has 0 radical (unpaired) electrons. The van der Waals surface area contributed by atoms with Gasteiger partial charge in [-0.05, 0) is 43.7 Å². The second kappa shape index (κ2) is 10.3. The summed E-state index contributed by atoms with van der Waals surface area (Å²) in [6.07, 6.45) is 6.45. The molecule has 0 bridgehead atoms. The highest BCUT2D eigenvalue weighted by Gasteiger charge is 2.26. The van der Waals surface area contributed by atoms with Gasteiger partial charge in [-0.15, -0.1) is 11.3 Å². The third-order valence-electron chi connectivity index (χ3n) is 6.58. The molecule has 0 amide bonds. The van der Waals surface area contributed by atoms with Crippen molar-refractivity contribution in [3.8, 4) is 0 Å². The first-order valence-corrected chi connectivity index (χ1v) is 14.4. The average molecular weight is 518 g/mol. The van der Waals surface area contributed by atoms with Crippen molar-refractivity contribution in [2.75, 3.05) is 55.7 Å². The lowest BCUT2D eigenvalue weighted by atomic mass is 9.97. The lowest BCUT2D eigenvalue weighted by Gasteiger charge is -2.32. The molecule has 10 nitrogen and oxygen atoms in total. The standard InChI is InChI=1S/C23H31N7O3S2/c1-3-17-13-24-23(25-14-17)30-6-4-18(5-7-30)15-26-35(31,32)20-12-19-21(34-20)22(28-16(2)27-19)29-8-10-33-11-9-29/h12-14,18,26H,3-11,15H2,1-2H3. The number of hydrogen-bond acceptors (Lipinski definition) is 10. The van der Waals surface area contributed by atoms with E-state index >= 15 is 0 Å². The second-order valence-corrected chi connectivity index (χ2v) is 12.0. The van der Waals surface area contributed by atoms with Gasteiger partial charge in [0.2, 0.25) is 16.0 Å². The molecule has 5 heterocycles. The van der Waals surface area contributed by atoms with E-state index in [1.54, 1.807) is 6.07 Å². The number of aryl methyl sites for hydroxylation is 2. The van der Waals surface area contributed by atoms with Gasteiger partial charge < -0.3 is 14.5 Å². The Morgan fingerprint density at radius 3 is 2.49 bits per heavy atom. The summed E-state index contributed by atoms with van der Waals surface area (Å²) >= 11 is 1.24. The quantitative estimate of drug-likeness (QED) is 0.505. The van der Waals surface area contributed by atoms with E-state index in [2.05, 4.69) is 41.4 Å². The van der Waals surface area contributed by atoms with Crippen LogP contribution in [0, 0.1) is 12.8 Å². The first kappa shape index (κ1) is 24.3. The number of fused-ring (bicyclic) bond motifs is 1. The van der Waals surface area contributed by atoms with Crippen LogP contribution in [0.25, 0.3) is 10.2 Å². The number of anilines is 2. The van der Waals surface area contributed by atoms with Gasteiger partial charge in [-0.2, -0.15) is 0 Å². The Hall–Kier alpha value is -2.41. The van der Waals surface area contributed by atoms with E-state index in [1.165, 1.54) is 11.3 Å². The number of sulfonamides is 1. The molecule has 0 saturated carbocycles. The molecule has 12 heteroatoms. The van der Waals surface area contributed by atoms with Crippen molar-refractivity contribution >= 4 is 43.3 Å². The van der Waals surface area contributed by atoms with Crippen LogP contribution in [0.5, 0.6) is 0 Å². The smallest absolute Gasteiger partial charge is 0.250 e. The minimum Gasteiger partial charge on any atom is -0.378 e. The van der Waals surface area contributed by atoms with Crippen LogP contribution in [0.15, 0.2) is 22.7 Å². The van der Waals surface area contributed by atoms with E-state index in [4.69, 9.17) is 4.74 Å². The number of nitrogens with one attached hydrogen (secondary N) is 1. The van der Waals surface area contributed by atoms with E-state index in [0.717, 1.165) is 67.5 Å². The minimum atomic E-state index is -3.64. The van der Waals surface area contributed by atoms with E-state index in [1.807, 2.05) is 19.3 Å². The van der Waals surface area contributed by atoms with Crippen LogP contribution in [0.1, 0.15) is 31.2 Å². The fraction of sp³-hybridized carbons (Fsp3) is 0.565. The molecular weight excluding hydrogens is 486 g/mol. The zero-order valence-electron chi connectivity index (χ0n) is 20.1. The Labute approximate surface area is 209 Å². The van der Waals surface area contributed by atoms with Crippen LogP contribution in [-0.4, -0.2) is 74.3 Å². The van der Waals surface area contributed by atoms with Crippen molar-refractivity contribution in [1.29, 1.82) is 0 Å². The van der Waals surface area contributed by atoms with Crippen molar-refractivity contribution in [3.05, 3.63) is 29.8 Å². The number of rotatable bonds is 7. The Morgan fingerprint density at radius 2 is 1.80 bits per heavy atom. The Balaban J connectivity index is 1.23. The van der Waals surface area contributed by atoms with Gasteiger partial charge >= 0.3 is 0 Å². The monoisotopic (exact) mass is 517 g/mol. The molecule has 1 N–H and O–H groups in total. The molecule has 2 fully saturated rings. The number of morpholine rings is 1. The molecule has 5 rings (SSSR count). The summed E-state index contributed by atoms with van der Waals surface area (Å²) in [6.45, 7) is 8.71. The zero-order chi connectivity index (χ0) is 24.4. The van der Waals surface area contributed by atoms with Crippen molar-refractivity contribution in [2.45, 2.75) is 37.3 Å². The van der Waals surface area contributed by atoms with E-state index in [-0.39, 0.29) is 10.1 Å². The maximum atomic E-state index is 13.2. The lowest BCUT2D eigenvalue weighted by Crippen LogP contribution is -2.39. The van der Waals surface area contributed by atoms with Gasteiger partial charge in [0.05, 0.1) is 23.4 Å². The van der Waals surface area contributed by atoms with Crippen molar-refractivity contribution < 1.29 is 13.2 Å². The summed E-state index contributed by atoms with van der Waals surface area (Å²) < 4.78 is 35.7. The largest absolute Gasteiger partial charge is 0.378 e. The first-order chi connectivity index (χ1) is 16.9. The first-order valence-electron chi connectivity index (χ1n) is 12.1. The number of aromatic nitrogens is 4. The fourth-order valence-electron chi connectivity index (χ4n) is 4.46. The summed E-state index contributed by atoms with van der Waals surface area (Å²) in [6, 6.07) is 1.67. The van der Waals surface area contributed by atoms with Crippen LogP contribution in [0.4, 0.5) is 11.8 Å². The Bertz CT molecular complexity index is 1270. The van der Waals surface area contributed by atoms with E-state index in [0.29, 0.717) is 31.1 Å². The van der Waals surface area contributed by atoms with Crippen LogP contribution in [0.2, 0.25) is 0 Å². The van der Waals surface area contributed by atoms with Crippen LogP contribution >= 0.6 is 11.3 Å². The predicted molar refractivity (Wildman–Crippen MR) is 137 cm³/mol. The minimum absolute atomic E-state index is 0.274. The van der Waals surface area contributed by atoms with Gasteiger partial charge in [0.15, 0.2) is 5.82 Å². The normalized spacial score (nSPS) is 17.9. The SMILES string of the molecule is CCc1cnc(N2CCC(CNS(=O)(=O)c3cc4nc(C)nc(N5CCOCC5)c4s3)CC2)nc1. The highest BCUT2D eigenvalue weighted by atomic mass is 32.2. The van der Waals surface area contributed by atoms with E-state index in [9.17, 15) is 8.42 Å². The van der Waals surface area contributed by atoms with Crippen molar-refractivity contribution in [1.82, 2.24) is 24.7 Å². The number of piperidine rings is 1. The number of hydrogen-bond donors (Lipinski definition) is 1. The van der Waals surface area contributed by atoms with Gasteiger partial charge in [0.1, 0.15) is 10.0 Å². The Kier molecular flexibility index (Phi) is 7.14. The maximum absolute atomic E-state index is 13.2. The third kappa shape index (κ3) is 5.40. The maximum Gasteiger partial charge on any atom is 0.250 e. The molecule has 2 saturated heterocycles. The molecule has 2 aliphatic heterocycles. The average Bonchev–Trinajstić information content (AvgIpc) is 3.33. The van der Waals surface area contributed by atoms with Crippen molar-refractivity contribution in [2.24, 2.45) is 5.92 Å². The summed E-state index contributed by atoms with van der Waals surface area (Å²) in [7, 11) is -3.64. The Morgan fingerprint density at radius 1 is 1.09 bits per heavy atom. The molecule has 35 heavy (non-hydrogen) atoms. The second-order valence-electron chi connectivity index (χ2n) is 9.00. The molecule has 3 aromatic heterocycles. The molecule has 0 spiro atoms. The van der Waals surface area contributed by atoms with E-state index < -0.39 is 10.0 Å². The molecule has 0 aromatic carbocycles.